The van der Waals surface area contributed by atoms with Gasteiger partial charge in [-0.1, -0.05) is 6.58 Å². The second-order valence-corrected chi connectivity index (χ2v) is 6.40. The van der Waals surface area contributed by atoms with Crippen LogP contribution in [0.15, 0.2) is 12.7 Å². The van der Waals surface area contributed by atoms with E-state index in [4.69, 9.17) is 4.74 Å². The van der Waals surface area contributed by atoms with Crippen LogP contribution in [0.2, 0.25) is 0 Å². The maximum absolute atomic E-state index is 12.5. The number of carbonyl (C=O) groups is 2. The summed E-state index contributed by atoms with van der Waals surface area (Å²) in [4.78, 5) is 27.5. The van der Waals surface area contributed by atoms with Crippen LogP contribution in [0.25, 0.3) is 0 Å². The van der Waals surface area contributed by atoms with Gasteiger partial charge in [-0.15, -0.1) is 0 Å². The first-order valence-electron chi connectivity index (χ1n) is 6.99. The lowest BCUT2D eigenvalue weighted by Gasteiger charge is -2.49. The Kier molecular flexibility index (Phi) is 4.97. The molecule has 1 fully saturated rings. The minimum atomic E-state index is -0.358. The van der Waals surface area contributed by atoms with Crippen molar-refractivity contribution >= 4 is 11.8 Å². The van der Waals surface area contributed by atoms with Crippen molar-refractivity contribution in [1.29, 1.82) is 0 Å². The van der Waals surface area contributed by atoms with Gasteiger partial charge in [-0.2, -0.15) is 0 Å². The maximum Gasteiger partial charge on any atom is 0.246 e. The Labute approximate surface area is 121 Å². The number of hydrogen-bond donors (Lipinski definition) is 0. The Morgan fingerprint density at radius 2 is 1.95 bits per heavy atom. The fourth-order valence-corrected chi connectivity index (χ4v) is 2.24. The first-order valence-corrected chi connectivity index (χ1v) is 6.99. The van der Waals surface area contributed by atoms with Crippen LogP contribution in [-0.4, -0.2) is 59.0 Å². The van der Waals surface area contributed by atoms with Gasteiger partial charge < -0.3 is 14.5 Å². The number of hydrogen-bond acceptors (Lipinski definition) is 3. The third-order valence-corrected chi connectivity index (χ3v) is 3.58. The minimum Gasteiger partial charge on any atom is -0.371 e. The highest BCUT2D eigenvalue weighted by molar-refractivity contribution is 5.91. The summed E-state index contributed by atoms with van der Waals surface area (Å²) in [5.74, 6) is -0.269. The number of rotatable bonds is 4. The molecule has 0 aliphatic carbocycles. The Morgan fingerprint density at radius 1 is 1.35 bits per heavy atom. The summed E-state index contributed by atoms with van der Waals surface area (Å²) < 4.78 is 5.77. The number of likely N-dealkylation sites (N-methyl/N-ethyl adjacent to an activating group) is 1. The number of ether oxygens (including phenoxy) is 1. The molecule has 0 bridgehead atoms. The average Bonchev–Trinajstić information content (AvgIpc) is 2.38. The van der Waals surface area contributed by atoms with Crippen molar-refractivity contribution in [1.82, 2.24) is 9.80 Å². The van der Waals surface area contributed by atoms with E-state index >= 15 is 0 Å². The smallest absolute Gasteiger partial charge is 0.246 e. The van der Waals surface area contributed by atoms with Crippen LogP contribution in [0.3, 0.4) is 0 Å². The molecule has 0 aromatic carbocycles. The lowest BCUT2D eigenvalue weighted by Crippen LogP contribution is -2.63. The third-order valence-electron chi connectivity index (χ3n) is 3.58. The predicted molar refractivity (Wildman–Crippen MR) is 78.3 cm³/mol. The molecule has 0 aromatic heterocycles. The fraction of sp³-hybridized carbons (Fsp3) is 0.733. The fourth-order valence-electron chi connectivity index (χ4n) is 2.24. The summed E-state index contributed by atoms with van der Waals surface area (Å²) in [5.41, 5.74) is -0.714. The van der Waals surface area contributed by atoms with Crippen LogP contribution in [0.5, 0.6) is 0 Å². The van der Waals surface area contributed by atoms with Gasteiger partial charge in [0, 0.05) is 13.1 Å². The number of carbonyl (C=O) groups excluding carboxylic acids is 2. The molecule has 1 saturated heterocycles. The molecule has 0 unspecified atom stereocenters. The molecule has 1 rings (SSSR count). The third kappa shape index (κ3) is 3.82. The van der Waals surface area contributed by atoms with E-state index in [1.807, 2.05) is 39.5 Å². The molecule has 114 valence electrons. The summed E-state index contributed by atoms with van der Waals surface area (Å²) in [6.07, 6.45) is 1.24. The summed E-state index contributed by atoms with van der Waals surface area (Å²) >= 11 is 0. The van der Waals surface area contributed by atoms with E-state index in [-0.39, 0.29) is 29.5 Å². The molecular weight excluding hydrogens is 256 g/mol. The lowest BCUT2D eigenvalue weighted by molar-refractivity contribution is -0.170. The van der Waals surface area contributed by atoms with Crippen LogP contribution in [0.1, 0.15) is 34.6 Å². The number of morpholine rings is 1. The highest BCUT2D eigenvalue weighted by Gasteiger charge is 2.41. The van der Waals surface area contributed by atoms with E-state index in [9.17, 15) is 9.59 Å². The zero-order valence-electron chi connectivity index (χ0n) is 13.2. The molecule has 1 aliphatic rings. The van der Waals surface area contributed by atoms with Gasteiger partial charge in [0.25, 0.3) is 0 Å². The molecule has 2 amide bonds. The van der Waals surface area contributed by atoms with Crippen molar-refractivity contribution < 1.29 is 14.3 Å². The van der Waals surface area contributed by atoms with E-state index in [1.165, 1.54) is 11.0 Å². The zero-order chi connectivity index (χ0) is 15.6. The zero-order valence-corrected chi connectivity index (χ0v) is 13.2. The molecule has 0 aromatic rings. The maximum atomic E-state index is 12.5. The Bertz CT molecular complexity index is 402. The first-order chi connectivity index (χ1) is 9.13. The quantitative estimate of drug-likeness (QED) is 0.733. The SMILES string of the molecule is C=CC(=O)N(CC)CC(=O)N1CC(C)(C)OCC1(C)C. The van der Waals surface area contributed by atoms with E-state index < -0.39 is 0 Å². The Morgan fingerprint density at radius 3 is 2.45 bits per heavy atom. The molecule has 5 heteroatoms. The van der Waals surface area contributed by atoms with Crippen LogP contribution in [0, 0.1) is 0 Å². The Balaban J connectivity index is 2.83. The molecular formula is C15H26N2O3. The summed E-state index contributed by atoms with van der Waals surface area (Å²) in [6.45, 7) is 14.8. The van der Waals surface area contributed by atoms with Gasteiger partial charge in [-0.05, 0) is 40.7 Å². The topological polar surface area (TPSA) is 49.9 Å². The van der Waals surface area contributed by atoms with Gasteiger partial charge in [0.2, 0.25) is 11.8 Å². The van der Waals surface area contributed by atoms with Crippen LogP contribution in [-0.2, 0) is 14.3 Å². The molecule has 0 spiro atoms. The first kappa shape index (κ1) is 16.7. The molecule has 0 N–H and O–H groups in total. The van der Waals surface area contributed by atoms with Gasteiger partial charge in [-0.25, -0.2) is 0 Å². The van der Waals surface area contributed by atoms with Crippen molar-refractivity contribution in [3.8, 4) is 0 Å². The molecule has 20 heavy (non-hydrogen) atoms. The summed E-state index contributed by atoms with van der Waals surface area (Å²) in [7, 11) is 0. The van der Waals surface area contributed by atoms with Gasteiger partial charge >= 0.3 is 0 Å². The van der Waals surface area contributed by atoms with Gasteiger partial charge in [0.1, 0.15) is 6.54 Å². The van der Waals surface area contributed by atoms with Crippen LogP contribution >= 0.6 is 0 Å². The second kappa shape index (κ2) is 5.95. The van der Waals surface area contributed by atoms with Crippen molar-refractivity contribution in [2.24, 2.45) is 0 Å². The van der Waals surface area contributed by atoms with E-state index in [0.29, 0.717) is 19.7 Å². The molecule has 0 radical (unpaired) electrons. The molecule has 1 aliphatic heterocycles. The normalized spacial score (nSPS) is 20.4. The van der Waals surface area contributed by atoms with Crippen LogP contribution in [0.4, 0.5) is 0 Å². The van der Waals surface area contributed by atoms with Gasteiger partial charge in [-0.3, -0.25) is 9.59 Å². The second-order valence-electron chi connectivity index (χ2n) is 6.40. The highest BCUT2D eigenvalue weighted by atomic mass is 16.5. The summed E-state index contributed by atoms with van der Waals surface area (Å²) in [6, 6.07) is 0. The van der Waals surface area contributed by atoms with Gasteiger partial charge in [0.05, 0.1) is 17.7 Å². The van der Waals surface area contributed by atoms with Crippen molar-refractivity contribution in [3.63, 3.8) is 0 Å². The largest absolute Gasteiger partial charge is 0.371 e. The standard InChI is InChI=1S/C15H26N2O3/c1-7-12(18)16(8-2)9-13(19)17-10-15(5,6)20-11-14(17,3)4/h7H,1,8-11H2,2-6H3. The number of amides is 2. The Hall–Kier alpha value is -1.36. The molecule has 0 atom stereocenters. The van der Waals surface area contributed by atoms with Crippen molar-refractivity contribution in [3.05, 3.63) is 12.7 Å². The minimum absolute atomic E-state index is 0.0524. The highest BCUT2D eigenvalue weighted by Crippen LogP contribution is 2.27. The van der Waals surface area contributed by atoms with E-state index in [0.717, 1.165) is 0 Å². The van der Waals surface area contributed by atoms with Crippen molar-refractivity contribution in [2.45, 2.75) is 45.8 Å². The number of nitrogens with zero attached hydrogens (tertiary/aromatic N) is 2. The molecule has 0 saturated carbocycles. The van der Waals surface area contributed by atoms with Crippen molar-refractivity contribution in [2.75, 3.05) is 26.2 Å². The average molecular weight is 282 g/mol. The van der Waals surface area contributed by atoms with E-state index in [1.54, 1.807) is 0 Å². The molecule has 5 nitrogen and oxygen atoms in total. The van der Waals surface area contributed by atoms with E-state index in [2.05, 4.69) is 6.58 Å². The van der Waals surface area contributed by atoms with Crippen LogP contribution < -0.4 is 0 Å². The predicted octanol–water partition coefficient (Wildman–Crippen LogP) is 1.44. The lowest BCUT2D eigenvalue weighted by atomic mass is 9.96. The monoisotopic (exact) mass is 282 g/mol. The summed E-state index contributed by atoms with van der Waals surface area (Å²) in [5, 5.41) is 0. The van der Waals surface area contributed by atoms with Gasteiger partial charge in [0.15, 0.2) is 0 Å². The molecule has 1 heterocycles.